The molecule has 0 aliphatic carbocycles. The summed E-state index contributed by atoms with van der Waals surface area (Å²) in [6.45, 7) is 0.557. The lowest BCUT2D eigenvalue weighted by Crippen LogP contribution is -1.94. The molecule has 4 heteroatoms. The number of nitrogens with one attached hydrogen (secondary N) is 1. The van der Waals surface area contributed by atoms with E-state index >= 15 is 0 Å². The quantitative estimate of drug-likeness (QED) is 0.760. The van der Waals surface area contributed by atoms with E-state index in [4.69, 9.17) is 10.5 Å². The molecule has 20 heavy (non-hydrogen) atoms. The van der Waals surface area contributed by atoms with E-state index in [0.717, 1.165) is 32.6 Å². The van der Waals surface area contributed by atoms with Crippen LogP contribution in [0.4, 0.5) is 0 Å². The number of H-pyrrole nitrogens is 1. The lowest BCUT2D eigenvalue weighted by molar-refractivity contribution is 0.414. The number of benzene rings is 2. The van der Waals surface area contributed by atoms with Crippen LogP contribution in [-0.4, -0.2) is 12.1 Å². The highest BCUT2D eigenvalue weighted by Crippen LogP contribution is 2.30. The molecule has 0 fully saturated rings. The van der Waals surface area contributed by atoms with Gasteiger partial charge in [0, 0.05) is 33.2 Å². The average molecular weight is 331 g/mol. The standard InChI is InChI=1S/C16H15BrN2O/c1-20-14-6-12(5-13(17)8-14)16-7-11-4-10(9-18)2-3-15(11)19-16/h2-8,19H,9,18H2,1H3. The van der Waals surface area contributed by atoms with Gasteiger partial charge in [-0.3, -0.25) is 0 Å². The summed E-state index contributed by atoms with van der Waals surface area (Å²) in [5.41, 5.74) is 10.1. The summed E-state index contributed by atoms with van der Waals surface area (Å²) in [4.78, 5) is 3.42. The Balaban J connectivity index is 2.12. The summed E-state index contributed by atoms with van der Waals surface area (Å²) in [5.74, 6) is 0.829. The molecule has 0 bridgehead atoms. The third-order valence-corrected chi connectivity index (χ3v) is 3.80. The highest BCUT2D eigenvalue weighted by molar-refractivity contribution is 9.10. The molecule has 1 aromatic heterocycles. The maximum absolute atomic E-state index is 5.68. The monoisotopic (exact) mass is 330 g/mol. The predicted molar refractivity (Wildman–Crippen MR) is 85.9 cm³/mol. The summed E-state index contributed by atoms with van der Waals surface area (Å²) in [6, 6.07) is 14.4. The van der Waals surface area contributed by atoms with Crippen LogP contribution in [0.5, 0.6) is 5.75 Å². The van der Waals surface area contributed by atoms with Gasteiger partial charge in [-0.2, -0.15) is 0 Å². The van der Waals surface area contributed by atoms with E-state index in [1.807, 2.05) is 18.2 Å². The highest BCUT2D eigenvalue weighted by Gasteiger charge is 2.06. The first kappa shape index (κ1) is 13.2. The van der Waals surface area contributed by atoms with Gasteiger partial charge in [-0.1, -0.05) is 22.0 Å². The lowest BCUT2D eigenvalue weighted by Gasteiger charge is -2.04. The molecule has 0 unspecified atom stereocenters. The molecule has 0 saturated heterocycles. The van der Waals surface area contributed by atoms with Crippen molar-refractivity contribution < 1.29 is 4.74 Å². The number of hydrogen-bond acceptors (Lipinski definition) is 2. The molecule has 0 atom stereocenters. The Bertz CT molecular complexity index is 764. The van der Waals surface area contributed by atoms with Crippen molar-refractivity contribution in [2.24, 2.45) is 5.73 Å². The lowest BCUT2D eigenvalue weighted by atomic mass is 10.1. The molecule has 2 aromatic carbocycles. The minimum atomic E-state index is 0.557. The molecular formula is C16H15BrN2O. The van der Waals surface area contributed by atoms with Gasteiger partial charge < -0.3 is 15.5 Å². The molecule has 102 valence electrons. The molecular weight excluding hydrogens is 316 g/mol. The Morgan fingerprint density at radius 2 is 2.00 bits per heavy atom. The Hall–Kier alpha value is -1.78. The molecule has 0 amide bonds. The van der Waals surface area contributed by atoms with Crippen LogP contribution >= 0.6 is 15.9 Å². The SMILES string of the molecule is COc1cc(Br)cc(-c2cc3cc(CN)ccc3[nH]2)c1. The van der Waals surface area contributed by atoms with Gasteiger partial charge in [0.15, 0.2) is 0 Å². The minimum absolute atomic E-state index is 0.557. The predicted octanol–water partition coefficient (Wildman–Crippen LogP) is 4.06. The van der Waals surface area contributed by atoms with Gasteiger partial charge in [0.05, 0.1) is 7.11 Å². The number of aromatic nitrogens is 1. The molecule has 3 nitrogen and oxygen atoms in total. The van der Waals surface area contributed by atoms with Crippen LogP contribution in [0.3, 0.4) is 0 Å². The van der Waals surface area contributed by atoms with Gasteiger partial charge in [-0.25, -0.2) is 0 Å². The number of aromatic amines is 1. The van der Waals surface area contributed by atoms with Crippen LogP contribution in [0.1, 0.15) is 5.56 Å². The Morgan fingerprint density at radius 3 is 2.75 bits per heavy atom. The molecule has 0 saturated carbocycles. The van der Waals surface area contributed by atoms with Crippen LogP contribution in [0.15, 0.2) is 46.9 Å². The average Bonchev–Trinajstić information content (AvgIpc) is 2.89. The maximum atomic E-state index is 5.68. The first-order valence-electron chi connectivity index (χ1n) is 6.36. The van der Waals surface area contributed by atoms with Crippen molar-refractivity contribution >= 4 is 26.8 Å². The van der Waals surface area contributed by atoms with Crippen LogP contribution < -0.4 is 10.5 Å². The Morgan fingerprint density at radius 1 is 1.15 bits per heavy atom. The fraction of sp³-hybridized carbons (Fsp3) is 0.125. The van der Waals surface area contributed by atoms with Crippen LogP contribution in [0, 0.1) is 0 Å². The third kappa shape index (κ3) is 2.44. The van der Waals surface area contributed by atoms with E-state index in [-0.39, 0.29) is 0 Å². The van der Waals surface area contributed by atoms with Crippen LogP contribution in [0.25, 0.3) is 22.2 Å². The van der Waals surface area contributed by atoms with Gasteiger partial charge >= 0.3 is 0 Å². The third-order valence-electron chi connectivity index (χ3n) is 3.34. The largest absolute Gasteiger partial charge is 0.497 e. The molecule has 0 radical (unpaired) electrons. The van der Waals surface area contributed by atoms with E-state index in [1.54, 1.807) is 7.11 Å². The molecule has 0 aliphatic heterocycles. The summed E-state index contributed by atoms with van der Waals surface area (Å²) in [7, 11) is 1.67. The van der Waals surface area contributed by atoms with Crippen molar-refractivity contribution in [2.45, 2.75) is 6.54 Å². The van der Waals surface area contributed by atoms with Crippen LogP contribution in [0.2, 0.25) is 0 Å². The number of fused-ring (bicyclic) bond motifs is 1. The summed E-state index contributed by atoms with van der Waals surface area (Å²) >= 11 is 3.51. The van der Waals surface area contributed by atoms with Gasteiger partial charge in [-0.05, 0) is 42.0 Å². The van der Waals surface area contributed by atoms with E-state index in [9.17, 15) is 0 Å². The molecule has 3 rings (SSSR count). The van der Waals surface area contributed by atoms with Crippen molar-refractivity contribution in [2.75, 3.05) is 7.11 Å². The van der Waals surface area contributed by atoms with Gasteiger partial charge in [-0.15, -0.1) is 0 Å². The molecule has 0 aliphatic rings. The van der Waals surface area contributed by atoms with Gasteiger partial charge in [0.1, 0.15) is 5.75 Å². The van der Waals surface area contributed by atoms with E-state index in [0.29, 0.717) is 6.54 Å². The molecule has 3 aromatic rings. The Kier molecular flexibility index (Phi) is 3.51. The first-order chi connectivity index (χ1) is 9.69. The smallest absolute Gasteiger partial charge is 0.120 e. The number of hydrogen-bond donors (Lipinski definition) is 2. The zero-order valence-corrected chi connectivity index (χ0v) is 12.7. The Labute approximate surface area is 125 Å². The topological polar surface area (TPSA) is 51.0 Å². The second-order valence-electron chi connectivity index (χ2n) is 4.69. The van der Waals surface area contributed by atoms with Crippen molar-refractivity contribution in [1.82, 2.24) is 4.98 Å². The number of halogens is 1. The number of nitrogens with two attached hydrogens (primary N) is 1. The first-order valence-corrected chi connectivity index (χ1v) is 7.15. The van der Waals surface area contributed by atoms with Crippen molar-refractivity contribution in [1.29, 1.82) is 0 Å². The normalized spacial score (nSPS) is 10.9. The minimum Gasteiger partial charge on any atom is -0.497 e. The summed E-state index contributed by atoms with van der Waals surface area (Å²) in [6.07, 6.45) is 0. The summed E-state index contributed by atoms with van der Waals surface area (Å²) < 4.78 is 6.30. The second-order valence-corrected chi connectivity index (χ2v) is 5.60. The fourth-order valence-electron chi connectivity index (χ4n) is 2.30. The van der Waals surface area contributed by atoms with E-state index in [1.165, 1.54) is 5.39 Å². The number of methoxy groups -OCH3 is 1. The zero-order chi connectivity index (χ0) is 14.1. The van der Waals surface area contributed by atoms with Gasteiger partial charge in [0.25, 0.3) is 0 Å². The maximum Gasteiger partial charge on any atom is 0.120 e. The molecule has 0 spiro atoms. The van der Waals surface area contributed by atoms with Crippen LogP contribution in [-0.2, 0) is 6.54 Å². The molecule has 1 heterocycles. The summed E-state index contributed by atoms with van der Waals surface area (Å²) in [5, 5.41) is 1.17. The van der Waals surface area contributed by atoms with Crippen molar-refractivity contribution in [3.8, 4) is 17.0 Å². The molecule has 3 N–H and O–H groups in total. The highest BCUT2D eigenvalue weighted by atomic mass is 79.9. The number of ether oxygens (including phenoxy) is 1. The van der Waals surface area contributed by atoms with E-state index in [2.05, 4.69) is 45.2 Å². The van der Waals surface area contributed by atoms with Crippen molar-refractivity contribution in [3.05, 3.63) is 52.5 Å². The zero-order valence-electron chi connectivity index (χ0n) is 11.1. The number of rotatable bonds is 3. The second kappa shape index (κ2) is 5.31. The fourth-order valence-corrected chi connectivity index (χ4v) is 2.77. The van der Waals surface area contributed by atoms with E-state index < -0.39 is 0 Å². The van der Waals surface area contributed by atoms with Gasteiger partial charge in [0.2, 0.25) is 0 Å². The van der Waals surface area contributed by atoms with Crippen molar-refractivity contribution in [3.63, 3.8) is 0 Å².